The van der Waals surface area contributed by atoms with Crippen molar-refractivity contribution >= 4 is 10.0 Å². The van der Waals surface area contributed by atoms with Gasteiger partial charge < -0.3 is 9.26 Å². The van der Waals surface area contributed by atoms with Crippen molar-refractivity contribution in [3.63, 3.8) is 0 Å². The van der Waals surface area contributed by atoms with Crippen molar-refractivity contribution in [3.05, 3.63) is 59.9 Å². The van der Waals surface area contributed by atoms with Crippen molar-refractivity contribution in [2.24, 2.45) is 0 Å². The molecule has 0 aliphatic carbocycles. The highest BCUT2D eigenvalue weighted by molar-refractivity contribution is 7.89. The zero-order valence-electron chi connectivity index (χ0n) is 16.1. The highest BCUT2D eigenvalue weighted by atomic mass is 32.2. The molecule has 1 saturated heterocycles. The molecule has 7 nitrogen and oxygen atoms in total. The van der Waals surface area contributed by atoms with Gasteiger partial charge >= 0.3 is 0 Å². The topological polar surface area (TPSA) is 85.5 Å². The number of nitrogens with zero attached hydrogens (tertiary/aromatic N) is 3. The Kier molecular flexibility index (Phi) is 5.52. The Hall–Kier alpha value is -2.85. The van der Waals surface area contributed by atoms with E-state index in [-0.39, 0.29) is 19.0 Å². The molecule has 4 rings (SSSR count). The van der Waals surface area contributed by atoms with Crippen LogP contribution in [0.25, 0.3) is 11.5 Å². The van der Waals surface area contributed by atoms with Crippen molar-refractivity contribution < 1.29 is 26.5 Å². The lowest BCUT2D eigenvalue weighted by atomic mass is 9.97. The molecule has 2 heterocycles. The summed E-state index contributed by atoms with van der Waals surface area (Å²) in [6, 6.07) is 9.52. The fourth-order valence-corrected chi connectivity index (χ4v) is 4.97. The molecule has 0 saturated carbocycles. The first kappa shape index (κ1) is 20.4. The molecule has 0 bridgehead atoms. The van der Waals surface area contributed by atoms with E-state index in [2.05, 4.69) is 10.1 Å². The zero-order chi connectivity index (χ0) is 21.3. The van der Waals surface area contributed by atoms with E-state index >= 15 is 0 Å². The largest absolute Gasteiger partial charge is 0.497 e. The number of hydrogen-bond acceptors (Lipinski definition) is 6. The third kappa shape index (κ3) is 4.05. The molecule has 10 heteroatoms. The molecular formula is C20H19F2N3O4S. The third-order valence-electron chi connectivity index (χ3n) is 5.05. The molecule has 1 aliphatic rings. The number of sulfonamides is 1. The smallest absolute Gasteiger partial charge is 0.258 e. The average molecular weight is 435 g/mol. The van der Waals surface area contributed by atoms with Crippen LogP contribution in [0, 0.1) is 11.6 Å². The predicted octanol–water partition coefficient (Wildman–Crippen LogP) is 3.59. The van der Waals surface area contributed by atoms with Crippen LogP contribution >= 0.6 is 0 Å². The van der Waals surface area contributed by atoms with Gasteiger partial charge in [0.1, 0.15) is 17.4 Å². The molecular weight excluding hydrogens is 416 g/mol. The number of methoxy groups -OCH3 is 1. The second-order valence-corrected chi connectivity index (χ2v) is 8.91. The first-order valence-electron chi connectivity index (χ1n) is 9.31. The van der Waals surface area contributed by atoms with Gasteiger partial charge in [-0.1, -0.05) is 11.2 Å². The van der Waals surface area contributed by atoms with Crippen LogP contribution in [0.4, 0.5) is 8.78 Å². The molecule has 0 spiro atoms. The number of rotatable bonds is 5. The summed E-state index contributed by atoms with van der Waals surface area (Å²) in [5.41, 5.74) is 0.723. The Balaban J connectivity index is 1.46. The molecule has 158 valence electrons. The van der Waals surface area contributed by atoms with Crippen molar-refractivity contribution in [1.82, 2.24) is 14.4 Å². The molecule has 0 N–H and O–H groups in total. The van der Waals surface area contributed by atoms with Crippen LogP contribution in [0.15, 0.2) is 51.9 Å². The molecule has 1 fully saturated rings. The van der Waals surface area contributed by atoms with Crippen LogP contribution in [0.1, 0.15) is 24.6 Å². The zero-order valence-corrected chi connectivity index (χ0v) is 16.9. The number of halogens is 2. The van der Waals surface area contributed by atoms with E-state index in [1.54, 1.807) is 19.2 Å². The lowest BCUT2D eigenvalue weighted by Crippen LogP contribution is -2.38. The summed E-state index contributed by atoms with van der Waals surface area (Å²) < 4.78 is 64.1. The van der Waals surface area contributed by atoms with Gasteiger partial charge in [-0.3, -0.25) is 0 Å². The summed E-state index contributed by atoms with van der Waals surface area (Å²) in [6.07, 6.45) is 0.933. The second-order valence-electron chi connectivity index (χ2n) is 6.97. The van der Waals surface area contributed by atoms with Crippen molar-refractivity contribution in [2.75, 3.05) is 20.2 Å². The highest BCUT2D eigenvalue weighted by Crippen LogP contribution is 2.31. The average Bonchev–Trinajstić information content (AvgIpc) is 3.23. The van der Waals surface area contributed by atoms with E-state index in [4.69, 9.17) is 9.26 Å². The first-order valence-corrected chi connectivity index (χ1v) is 10.7. The Morgan fingerprint density at radius 2 is 1.80 bits per heavy atom. The standard InChI is InChI=1S/C20H19F2N3O4S/c1-28-17-4-2-3-14(9-17)20-23-19(24-29-20)13-5-7-25(8-6-13)30(26,27)18-11-15(21)10-16(22)12-18/h2-4,9-13H,5-8H2,1H3. The van der Waals surface area contributed by atoms with Crippen LogP contribution in [-0.2, 0) is 10.0 Å². The van der Waals surface area contributed by atoms with Gasteiger partial charge in [-0.05, 0) is 43.2 Å². The Morgan fingerprint density at radius 3 is 2.47 bits per heavy atom. The summed E-state index contributed by atoms with van der Waals surface area (Å²) in [4.78, 5) is 4.06. The number of ether oxygens (including phenoxy) is 1. The molecule has 0 radical (unpaired) electrons. The Morgan fingerprint density at radius 1 is 1.10 bits per heavy atom. The fraction of sp³-hybridized carbons (Fsp3) is 0.300. The number of benzene rings is 2. The van der Waals surface area contributed by atoms with Gasteiger partial charge in [0.2, 0.25) is 10.0 Å². The minimum Gasteiger partial charge on any atom is -0.497 e. The summed E-state index contributed by atoms with van der Waals surface area (Å²) in [7, 11) is -2.42. The lowest BCUT2D eigenvalue weighted by Gasteiger charge is -2.29. The Labute approximate surface area is 172 Å². The van der Waals surface area contributed by atoms with Crippen LogP contribution in [0.5, 0.6) is 5.75 Å². The maximum atomic E-state index is 13.4. The van der Waals surface area contributed by atoms with Crippen molar-refractivity contribution in [2.45, 2.75) is 23.7 Å². The van der Waals surface area contributed by atoms with Gasteiger partial charge in [-0.25, -0.2) is 17.2 Å². The first-order chi connectivity index (χ1) is 14.4. The van der Waals surface area contributed by atoms with E-state index < -0.39 is 26.6 Å². The van der Waals surface area contributed by atoms with Crippen LogP contribution in [0.3, 0.4) is 0 Å². The van der Waals surface area contributed by atoms with E-state index in [1.807, 2.05) is 12.1 Å². The normalized spacial score (nSPS) is 16.0. The Bertz CT molecular complexity index is 1140. The molecule has 0 amide bonds. The van der Waals surface area contributed by atoms with Crippen molar-refractivity contribution in [3.8, 4) is 17.2 Å². The molecule has 0 atom stereocenters. The van der Waals surface area contributed by atoms with Crippen molar-refractivity contribution in [1.29, 1.82) is 0 Å². The van der Waals surface area contributed by atoms with E-state index in [0.29, 0.717) is 36.4 Å². The highest BCUT2D eigenvalue weighted by Gasteiger charge is 2.32. The third-order valence-corrected chi connectivity index (χ3v) is 6.93. The predicted molar refractivity (Wildman–Crippen MR) is 103 cm³/mol. The monoisotopic (exact) mass is 435 g/mol. The van der Waals surface area contributed by atoms with Gasteiger partial charge in [0.25, 0.3) is 5.89 Å². The molecule has 1 aromatic heterocycles. The number of piperidine rings is 1. The molecule has 1 aliphatic heterocycles. The van der Waals surface area contributed by atoms with Crippen LogP contribution in [0.2, 0.25) is 0 Å². The molecule has 3 aromatic rings. The minimum atomic E-state index is -3.98. The van der Waals surface area contributed by atoms with E-state index in [1.165, 1.54) is 4.31 Å². The minimum absolute atomic E-state index is 0.0798. The van der Waals surface area contributed by atoms with Gasteiger partial charge in [0.05, 0.1) is 12.0 Å². The SMILES string of the molecule is COc1cccc(-c2nc(C3CCN(S(=O)(=O)c4cc(F)cc(F)c4)CC3)no2)c1. The van der Waals surface area contributed by atoms with Crippen LogP contribution < -0.4 is 4.74 Å². The molecule has 2 aromatic carbocycles. The maximum absolute atomic E-state index is 13.4. The molecule has 30 heavy (non-hydrogen) atoms. The van der Waals surface area contributed by atoms with E-state index in [0.717, 1.165) is 17.7 Å². The quantitative estimate of drug-likeness (QED) is 0.609. The number of hydrogen-bond donors (Lipinski definition) is 0. The van der Waals surface area contributed by atoms with Gasteiger partial charge in [-0.15, -0.1) is 0 Å². The summed E-state index contributed by atoms with van der Waals surface area (Å²) in [6.45, 7) is 0.377. The van der Waals surface area contributed by atoms with Gasteiger partial charge in [0, 0.05) is 30.6 Å². The lowest BCUT2D eigenvalue weighted by molar-refractivity contribution is 0.307. The summed E-state index contributed by atoms with van der Waals surface area (Å²) in [5.74, 6) is -0.417. The van der Waals surface area contributed by atoms with E-state index in [9.17, 15) is 17.2 Å². The number of aromatic nitrogens is 2. The second kappa shape index (κ2) is 8.11. The van der Waals surface area contributed by atoms with Gasteiger partial charge in [-0.2, -0.15) is 9.29 Å². The van der Waals surface area contributed by atoms with Crippen LogP contribution in [-0.4, -0.2) is 43.1 Å². The molecule has 0 unspecified atom stereocenters. The fourth-order valence-electron chi connectivity index (χ4n) is 3.45. The van der Waals surface area contributed by atoms with Gasteiger partial charge in [0.15, 0.2) is 5.82 Å². The summed E-state index contributed by atoms with van der Waals surface area (Å²) >= 11 is 0. The summed E-state index contributed by atoms with van der Waals surface area (Å²) in [5, 5.41) is 4.05. The maximum Gasteiger partial charge on any atom is 0.258 e.